The number of thiophene rings is 1. The number of carbonyl (C=O) groups excluding carboxylic acids is 2. The smallest absolute Gasteiger partial charge is 0.306 e. The van der Waals surface area contributed by atoms with Gasteiger partial charge < -0.3 is 19.1 Å². The molecule has 0 aromatic carbocycles. The summed E-state index contributed by atoms with van der Waals surface area (Å²) < 4.78 is 14.8. The first-order chi connectivity index (χ1) is 12.1. The molecular weight excluding hydrogens is 348 g/mol. The second-order valence-corrected chi connectivity index (χ2v) is 5.97. The molecule has 0 aliphatic carbocycles. The third-order valence-corrected chi connectivity index (χ3v) is 3.88. The normalized spacial score (nSPS) is 10.6. The number of esters is 1. The second-order valence-electron chi connectivity index (χ2n) is 5.02. The summed E-state index contributed by atoms with van der Waals surface area (Å²) in [4.78, 5) is 28.4. The first kappa shape index (κ1) is 16.8. The summed E-state index contributed by atoms with van der Waals surface area (Å²) in [6.07, 6.45) is 0.268. The van der Waals surface area contributed by atoms with Gasteiger partial charge in [0, 0.05) is 12.5 Å². The summed E-state index contributed by atoms with van der Waals surface area (Å²) in [6, 6.07) is 5.32. The number of aromatic nitrogens is 3. The molecule has 1 N–H and O–H groups in total. The van der Waals surface area contributed by atoms with Crippen LogP contribution in [0.15, 0.2) is 32.6 Å². The molecule has 0 spiro atoms. The minimum atomic E-state index is -0.539. The van der Waals surface area contributed by atoms with Crippen molar-refractivity contribution < 1.29 is 23.4 Å². The number of aryl methyl sites for hydroxylation is 2. The van der Waals surface area contributed by atoms with Crippen molar-refractivity contribution in [1.82, 2.24) is 15.3 Å². The van der Waals surface area contributed by atoms with Crippen molar-refractivity contribution in [3.8, 4) is 10.7 Å². The van der Waals surface area contributed by atoms with Crippen molar-refractivity contribution in [2.45, 2.75) is 19.8 Å². The summed E-state index contributed by atoms with van der Waals surface area (Å²) in [6.45, 7) is 1.29. The van der Waals surface area contributed by atoms with Gasteiger partial charge in [-0.2, -0.15) is 4.98 Å². The van der Waals surface area contributed by atoms with Crippen LogP contribution in [0.4, 0.5) is 5.82 Å². The Bertz CT molecular complexity index is 855. The fraction of sp³-hybridized carbons (Fsp3) is 0.267. The number of nitrogens with zero attached hydrogens (tertiary/aromatic N) is 3. The van der Waals surface area contributed by atoms with E-state index in [1.54, 1.807) is 13.0 Å². The van der Waals surface area contributed by atoms with Gasteiger partial charge in [-0.25, -0.2) is 0 Å². The number of hydrogen-bond donors (Lipinski definition) is 1. The van der Waals surface area contributed by atoms with Gasteiger partial charge in [-0.3, -0.25) is 9.59 Å². The minimum Gasteiger partial charge on any atom is -0.456 e. The van der Waals surface area contributed by atoms with Crippen LogP contribution in [-0.2, 0) is 20.7 Å². The SMILES string of the molecule is Cc1cc(NC(=O)COC(=O)CCc2nc(-c3cccs3)no2)no1. The van der Waals surface area contributed by atoms with E-state index in [9.17, 15) is 9.59 Å². The minimum absolute atomic E-state index is 0.0302. The van der Waals surface area contributed by atoms with Crippen LogP contribution in [0.25, 0.3) is 10.7 Å². The van der Waals surface area contributed by atoms with E-state index < -0.39 is 18.5 Å². The van der Waals surface area contributed by atoms with Crippen molar-refractivity contribution >= 4 is 29.0 Å². The average molecular weight is 362 g/mol. The predicted molar refractivity (Wildman–Crippen MR) is 86.8 cm³/mol. The van der Waals surface area contributed by atoms with Gasteiger partial charge in [0.1, 0.15) is 5.76 Å². The third-order valence-electron chi connectivity index (χ3n) is 3.01. The Morgan fingerprint density at radius 2 is 2.20 bits per heavy atom. The average Bonchev–Trinajstić information content (AvgIpc) is 3.32. The molecule has 0 atom stereocenters. The molecule has 0 radical (unpaired) electrons. The Labute approximate surface area is 146 Å². The summed E-state index contributed by atoms with van der Waals surface area (Å²) in [7, 11) is 0. The number of nitrogens with one attached hydrogen (secondary N) is 1. The molecule has 10 heteroatoms. The number of ether oxygens (including phenoxy) is 1. The summed E-state index contributed by atoms with van der Waals surface area (Å²) >= 11 is 1.49. The molecule has 3 heterocycles. The first-order valence-electron chi connectivity index (χ1n) is 7.35. The summed E-state index contributed by atoms with van der Waals surface area (Å²) in [5, 5.41) is 11.8. The highest BCUT2D eigenvalue weighted by Crippen LogP contribution is 2.21. The van der Waals surface area contributed by atoms with Crippen molar-refractivity contribution in [2.24, 2.45) is 0 Å². The van der Waals surface area contributed by atoms with Crippen molar-refractivity contribution in [3.05, 3.63) is 35.2 Å². The summed E-state index contributed by atoms with van der Waals surface area (Å²) in [5.74, 6) is 0.615. The standard InChI is InChI=1S/C15H14N4O5S/c1-9-7-11(18-23-9)16-12(20)8-22-14(21)5-4-13-17-15(19-24-13)10-3-2-6-25-10/h2-3,6-7H,4-5,8H2,1H3,(H,16,18,20). The Morgan fingerprint density at radius 3 is 2.92 bits per heavy atom. The number of anilines is 1. The van der Waals surface area contributed by atoms with Gasteiger partial charge in [0.15, 0.2) is 12.4 Å². The van der Waals surface area contributed by atoms with Gasteiger partial charge in [0.05, 0.1) is 11.3 Å². The topological polar surface area (TPSA) is 120 Å². The van der Waals surface area contributed by atoms with E-state index >= 15 is 0 Å². The summed E-state index contributed by atoms with van der Waals surface area (Å²) in [5.41, 5.74) is 0. The lowest BCUT2D eigenvalue weighted by Crippen LogP contribution is -2.21. The molecule has 3 rings (SSSR count). The van der Waals surface area contributed by atoms with Crippen LogP contribution in [0, 0.1) is 6.92 Å². The highest BCUT2D eigenvalue weighted by atomic mass is 32.1. The maximum atomic E-state index is 11.7. The molecule has 0 bridgehead atoms. The number of carbonyl (C=O) groups is 2. The van der Waals surface area contributed by atoms with E-state index in [1.807, 2.05) is 17.5 Å². The van der Waals surface area contributed by atoms with E-state index in [0.29, 0.717) is 17.5 Å². The largest absolute Gasteiger partial charge is 0.456 e. The van der Waals surface area contributed by atoms with Gasteiger partial charge >= 0.3 is 5.97 Å². The molecule has 3 aromatic heterocycles. The zero-order valence-electron chi connectivity index (χ0n) is 13.2. The molecule has 130 valence electrons. The molecule has 0 unspecified atom stereocenters. The maximum absolute atomic E-state index is 11.7. The molecule has 0 fully saturated rings. The van der Waals surface area contributed by atoms with Gasteiger partial charge in [-0.05, 0) is 18.4 Å². The molecule has 0 saturated heterocycles. The Balaban J connectivity index is 1.40. The van der Waals surface area contributed by atoms with Gasteiger partial charge in [0.2, 0.25) is 11.7 Å². The van der Waals surface area contributed by atoms with Crippen LogP contribution < -0.4 is 5.32 Å². The van der Waals surface area contributed by atoms with Crippen LogP contribution in [-0.4, -0.2) is 33.8 Å². The lowest BCUT2D eigenvalue weighted by atomic mass is 10.3. The van der Waals surface area contributed by atoms with Crippen molar-refractivity contribution in [2.75, 3.05) is 11.9 Å². The third kappa shape index (κ3) is 4.73. The number of amides is 1. The van der Waals surface area contributed by atoms with Crippen LogP contribution in [0.3, 0.4) is 0 Å². The van der Waals surface area contributed by atoms with E-state index in [-0.39, 0.29) is 18.7 Å². The molecular formula is C15H14N4O5S. The first-order valence-corrected chi connectivity index (χ1v) is 8.23. The second kappa shape index (κ2) is 7.71. The monoisotopic (exact) mass is 362 g/mol. The van der Waals surface area contributed by atoms with Crippen molar-refractivity contribution in [3.63, 3.8) is 0 Å². The number of hydrogen-bond acceptors (Lipinski definition) is 9. The fourth-order valence-corrected chi connectivity index (χ4v) is 2.54. The Kier molecular flexibility index (Phi) is 5.19. The molecule has 25 heavy (non-hydrogen) atoms. The van der Waals surface area contributed by atoms with E-state index in [1.165, 1.54) is 11.3 Å². The van der Waals surface area contributed by atoms with E-state index in [4.69, 9.17) is 13.8 Å². The molecule has 0 aliphatic heterocycles. The highest BCUT2D eigenvalue weighted by molar-refractivity contribution is 7.13. The molecule has 0 aliphatic rings. The Hall–Kier alpha value is -3.01. The zero-order chi connectivity index (χ0) is 17.6. The van der Waals surface area contributed by atoms with Crippen LogP contribution in [0.2, 0.25) is 0 Å². The van der Waals surface area contributed by atoms with E-state index in [0.717, 1.165) is 4.88 Å². The zero-order valence-corrected chi connectivity index (χ0v) is 14.0. The number of rotatable bonds is 7. The van der Waals surface area contributed by atoms with Gasteiger partial charge in [-0.15, -0.1) is 11.3 Å². The van der Waals surface area contributed by atoms with Crippen molar-refractivity contribution in [1.29, 1.82) is 0 Å². The van der Waals surface area contributed by atoms with Crippen LogP contribution >= 0.6 is 11.3 Å². The molecule has 3 aromatic rings. The maximum Gasteiger partial charge on any atom is 0.306 e. The quantitative estimate of drug-likeness (QED) is 0.635. The van der Waals surface area contributed by atoms with Gasteiger partial charge in [0.25, 0.3) is 5.91 Å². The van der Waals surface area contributed by atoms with Gasteiger partial charge in [-0.1, -0.05) is 16.4 Å². The molecule has 0 saturated carbocycles. The lowest BCUT2D eigenvalue weighted by molar-refractivity contribution is -0.147. The highest BCUT2D eigenvalue weighted by Gasteiger charge is 2.13. The van der Waals surface area contributed by atoms with Crippen LogP contribution in [0.5, 0.6) is 0 Å². The fourth-order valence-electron chi connectivity index (χ4n) is 1.89. The van der Waals surface area contributed by atoms with Crippen LogP contribution in [0.1, 0.15) is 18.1 Å². The predicted octanol–water partition coefficient (Wildman–Crippen LogP) is 2.21. The molecule has 1 amide bonds. The van der Waals surface area contributed by atoms with E-state index in [2.05, 4.69) is 20.6 Å². The Morgan fingerprint density at radius 1 is 1.32 bits per heavy atom. The molecule has 9 nitrogen and oxygen atoms in total. The lowest BCUT2D eigenvalue weighted by Gasteiger charge is -2.03.